The zero-order valence-corrected chi connectivity index (χ0v) is 14.5. The van der Waals surface area contributed by atoms with Crippen molar-refractivity contribution in [2.75, 3.05) is 46.6 Å². The maximum absolute atomic E-state index is 5.99. The summed E-state index contributed by atoms with van der Waals surface area (Å²) in [5.41, 5.74) is 1.75. The lowest BCUT2D eigenvalue weighted by Crippen LogP contribution is -2.38. The predicted octanol–water partition coefficient (Wildman–Crippen LogP) is 3.18. The number of methoxy groups -OCH3 is 1. The molecule has 1 aliphatic rings. The molecule has 2 heterocycles. The number of hydrogen-bond acceptors (Lipinski definition) is 6. The van der Waals surface area contributed by atoms with Crippen molar-refractivity contribution >= 4 is 22.9 Å². The Hall–Kier alpha value is -1.34. The van der Waals surface area contributed by atoms with Gasteiger partial charge in [-0.1, -0.05) is 22.9 Å². The van der Waals surface area contributed by atoms with Gasteiger partial charge in [0.05, 0.1) is 26.0 Å². The number of hydrogen-bond donors (Lipinski definition) is 0. The Morgan fingerprint density at radius 1 is 1.35 bits per heavy atom. The summed E-state index contributed by atoms with van der Waals surface area (Å²) >= 11 is 7.48. The number of halogens is 1. The van der Waals surface area contributed by atoms with E-state index in [1.807, 2.05) is 17.5 Å². The average Bonchev–Trinajstić information content (AvgIpc) is 3.04. The molecule has 7 heteroatoms. The zero-order valence-electron chi connectivity index (χ0n) is 13.0. The van der Waals surface area contributed by atoms with E-state index in [2.05, 4.69) is 9.88 Å². The largest absolute Gasteiger partial charge is 0.496 e. The number of morpholine rings is 1. The van der Waals surface area contributed by atoms with Crippen molar-refractivity contribution in [2.45, 2.75) is 0 Å². The van der Waals surface area contributed by atoms with Crippen LogP contribution in [0.5, 0.6) is 10.9 Å². The van der Waals surface area contributed by atoms with Crippen LogP contribution in [-0.2, 0) is 4.74 Å². The van der Waals surface area contributed by atoms with Gasteiger partial charge in [0.15, 0.2) is 0 Å². The number of aromatic nitrogens is 1. The van der Waals surface area contributed by atoms with Gasteiger partial charge in [-0.2, -0.15) is 0 Å². The molecule has 1 aliphatic heterocycles. The van der Waals surface area contributed by atoms with Crippen molar-refractivity contribution in [2.24, 2.45) is 0 Å². The maximum atomic E-state index is 5.99. The third-order valence-electron chi connectivity index (χ3n) is 3.66. The van der Waals surface area contributed by atoms with Crippen molar-refractivity contribution < 1.29 is 14.2 Å². The molecule has 1 aromatic carbocycles. The van der Waals surface area contributed by atoms with Crippen molar-refractivity contribution in [1.82, 2.24) is 9.88 Å². The van der Waals surface area contributed by atoms with Gasteiger partial charge in [-0.25, -0.2) is 4.98 Å². The molecule has 0 bridgehead atoms. The van der Waals surface area contributed by atoms with Crippen LogP contribution in [0.2, 0.25) is 5.02 Å². The second-order valence-corrected chi connectivity index (χ2v) is 6.40. The summed E-state index contributed by atoms with van der Waals surface area (Å²) in [5, 5.41) is 3.28. The van der Waals surface area contributed by atoms with E-state index in [1.165, 1.54) is 11.3 Å². The second-order valence-electron chi connectivity index (χ2n) is 5.15. The highest BCUT2D eigenvalue weighted by atomic mass is 35.5. The van der Waals surface area contributed by atoms with Crippen molar-refractivity contribution in [3.63, 3.8) is 0 Å². The van der Waals surface area contributed by atoms with Crippen LogP contribution >= 0.6 is 22.9 Å². The molecule has 0 atom stereocenters. The van der Waals surface area contributed by atoms with E-state index in [-0.39, 0.29) is 0 Å². The number of rotatable bonds is 6. The molecule has 0 radical (unpaired) electrons. The Kier molecular flexibility index (Phi) is 5.72. The molecule has 0 amide bonds. The Labute approximate surface area is 144 Å². The standard InChI is InChI=1S/C16H19ClN2O3S/c1-20-15-10-12(17)2-3-13(15)14-11-23-16(18-14)22-9-6-19-4-7-21-8-5-19/h2-3,10-11H,4-9H2,1H3. The molecule has 0 N–H and O–H groups in total. The van der Waals surface area contributed by atoms with Gasteiger partial charge >= 0.3 is 0 Å². The van der Waals surface area contributed by atoms with Crippen LogP contribution < -0.4 is 9.47 Å². The maximum Gasteiger partial charge on any atom is 0.273 e. The minimum Gasteiger partial charge on any atom is -0.496 e. The van der Waals surface area contributed by atoms with E-state index < -0.39 is 0 Å². The Bertz CT molecular complexity index is 644. The van der Waals surface area contributed by atoms with Gasteiger partial charge in [0.25, 0.3) is 5.19 Å². The summed E-state index contributed by atoms with van der Waals surface area (Å²) in [5.74, 6) is 0.711. The lowest BCUT2D eigenvalue weighted by atomic mass is 10.1. The molecule has 3 rings (SSSR count). The summed E-state index contributed by atoms with van der Waals surface area (Å²) < 4.78 is 16.5. The summed E-state index contributed by atoms with van der Waals surface area (Å²) in [4.78, 5) is 6.86. The topological polar surface area (TPSA) is 43.8 Å². The molecule has 1 fully saturated rings. The van der Waals surface area contributed by atoms with Gasteiger partial charge in [0, 0.05) is 35.6 Å². The molecule has 0 saturated carbocycles. The van der Waals surface area contributed by atoms with Crippen LogP contribution in [0.1, 0.15) is 0 Å². The fourth-order valence-corrected chi connectivity index (χ4v) is 3.27. The summed E-state index contributed by atoms with van der Waals surface area (Å²) in [6.45, 7) is 5.06. The van der Waals surface area contributed by atoms with Crippen LogP contribution in [-0.4, -0.2) is 56.4 Å². The first-order valence-electron chi connectivity index (χ1n) is 7.48. The van der Waals surface area contributed by atoms with Crippen molar-refractivity contribution in [3.05, 3.63) is 28.6 Å². The minimum atomic E-state index is 0.630. The number of ether oxygens (including phenoxy) is 3. The number of thiazole rings is 1. The Morgan fingerprint density at radius 2 is 2.17 bits per heavy atom. The molecule has 5 nitrogen and oxygen atoms in total. The Balaban J connectivity index is 1.59. The van der Waals surface area contributed by atoms with E-state index in [9.17, 15) is 0 Å². The molecule has 2 aromatic rings. The summed E-state index contributed by atoms with van der Waals surface area (Å²) in [6, 6.07) is 5.53. The van der Waals surface area contributed by atoms with E-state index in [0.29, 0.717) is 22.6 Å². The van der Waals surface area contributed by atoms with Gasteiger partial charge < -0.3 is 14.2 Å². The predicted molar refractivity (Wildman–Crippen MR) is 91.9 cm³/mol. The van der Waals surface area contributed by atoms with E-state index in [0.717, 1.165) is 44.1 Å². The van der Waals surface area contributed by atoms with Crippen LogP contribution in [0.3, 0.4) is 0 Å². The molecule has 1 saturated heterocycles. The molecule has 1 aromatic heterocycles. The highest BCUT2D eigenvalue weighted by Gasteiger charge is 2.13. The first-order chi connectivity index (χ1) is 11.3. The van der Waals surface area contributed by atoms with Crippen LogP contribution in [0, 0.1) is 0 Å². The highest BCUT2D eigenvalue weighted by Crippen LogP contribution is 2.34. The lowest BCUT2D eigenvalue weighted by Gasteiger charge is -2.26. The fraction of sp³-hybridized carbons (Fsp3) is 0.438. The van der Waals surface area contributed by atoms with Gasteiger partial charge in [0.1, 0.15) is 12.4 Å². The van der Waals surface area contributed by atoms with Crippen LogP contribution in [0.15, 0.2) is 23.6 Å². The molecular weight excluding hydrogens is 336 g/mol. The first-order valence-corrected chi connectivity index (χ1v) is 8.74. The first kappa shape index (κ1) is 16.5. The minimum absolute atomic E-state index is 0.630. The van der Waals surface area contributed by atoms with Crippen molar-refractivity contribution in [3.8, 4) is 22.2 Å². The second kappa shape index (κ2) is 7.97. The third-order valence-corrected chi connectivity index (χ3v) is 4.65. The van der Waals surface area contributed by atoms with Gasteiger partial charge in [-0.15, -0.1) is 0 Å². The fourth-order valence-electron chi connectivity index (χ4n) is 2.41. The SMILES string of the molecule is COc1cc(Cl)ccc1-c1csc(OCCN2CCOCC2)n1. The van der Waals surface area contributed by atoms with E-state index in [4.69, 9.17) is 25.8 Å². The molecule has 23 heavy (non-hydrogen) atoms. The Morgan fingerprint density at radius 3 is 2.96 bits per heavy atom. The number of benzene rings is 1. The smallest absolute Gasteiger partial charge is 0.273 e. The average molecular weight is 355 g/mol. The van der Waals surface area contributed by atoms with Gasteiger partial charge in [-0.05, 0) is 18.2 Å². The van der Waals surface area contributed by atoms with E-state index >= 15 is 0 Å². The van der Waals surface area contributed by atoms with Crippen LogP contribution in [0.25, 0.3) is 11.3 Å². The molecule has 0 aliphatic carbocycles. The van der Waals surface area contributed by atoms with Crippen LogP contribution in [0.4, 0.5) is 0 Å². The van der Waals surface area contributed by atoms with Crippen molar-refractivity contribution in [1.29, 1.82) is 0 Å². The van der Waals surface area contributed by atoms with E-state index in [1.54, 1.807) is 13.2 Å². The van der Waals surface area contributed by atoms with Gasteiger partial charge in [0.2, 0.25) is 0 Å². The summed E-state index contributed by atoms with van der Waals surface area (Å²) in [6.07, 6.45) is 0. The number of nitrogens with zero attached hydrogens (tertiary/aromatic N) is 2. The molecule has 124 valence electrons. The molecule has 0 spiro atoms. The highest BCUT2D eigenvalue weighted by molar-refractivity contribution is 7.11. The third kappa shape index (κ3) is 4.35. The quantitative estimate of drug-likeness (QED) is 0.797. The lowest BCUT2D eigenvalue weighted by molar-refractivity contribution is 0.0322. The monoisotopic (exact) mass is 354 g/mol. The summed E-state index contributed by atoms with van der Waals surface area (Å²) in [7, 11) is 1.63. The zero-order chi connectivity index (χ0) is 16.1. The molecule has 0 unspecified atom stereocenters. The molecular formula is C16H19ClN2O3S. The normalized spacial score (nSPS) is 15.6. The van der Waals surface area contributed by atoms with Gasteiger partial charge in [-0.3, -0.25) is 4.90 Å².